The van der Waals surface area contributed by atoms with Crippen LogP contribution in [-0.4, -0.2) is 25.9 Å². The van der Waals surface area contributed by atoms with Gasteiger partial charge in [0.2, 0.25) is 0 Å². The Labute approximate surface area is 112 Å². The van der Waals surface area contributed by atoms with E-state index < -0.39 is 12.8 Å². The number of halogens is 4. The fourth-order valence-corrected chi connectivity index (χ4v) is 1.77. The molecule has 0 aromatic heterocycles. The molecule has 17 heavy (non-hydrogen) atoms. The van der Waals surface area contributed by atoms with Gasteiger partial charge in [-0.3, -0.25) is 0 Å². The highest BCUT2D eigenvalue weighted by atomic mass is 127. The summed E-state index contributed by atoms with van der Waals surface area (Å²) in [6.07, 6.45) is -3.69. The highest BCUT2D eigenvalue weighted by molar-refractivity contribution is 14.1. The number of hydrogen-bond acceptors (Lipinski definition) is 2. The zero-order valence-electron chi connectivity index (χ0n) is 9.06. The average Bonchev–Trinajstić information content (AvgIpc) is 2.24. The van der Waals surface area contributed by atoms with Crippen LogP contribution in [-0.2, 0) is 4.74 Å². The van der Waals surface area contributed by atoms with Crippen molar-refractivity contribution < 1.29 is 17.9 Å². The minimum absolute atomic E-state index is 0.107. The first-order chi connectivity index (χ1) is 7.99. The lowest BCUT2D eigenvalue weighted by atomic mass is 10.3. The fraction of sp³-hybridized carbons (Fsp3) is 0.455. The van der Waals surface area contributed by atoms with Crippen LogP contribution in [0.15, 0.2) is 24.3 Å². The summed E-state index contributed by atoms with van der Waals surface area (Å²) in [6, 6.07) is 7.73. The fourth-order valence-electron chi connectivity index (χ4n) is 1.19. The number of rotatable bonds is 6. The zero-order chi connectivity index (χ0) is 12.7. The number of ether oxygens (including phenoxy) is 1. The van der Waals surface area contributed by atoms with E-state index in [9.17, 15) is 13.2 Å². The summed E-state index contributed by atoms with van der Waals surface area (Å²) in [6.45, 7) is -0.469. The molecule has 0 saturated carbocycles. The molecule has 0 radical (unpaired) electrons. The predicted molar refractivity (Wildman–Crippen MR) is 69.1 cm³/mol. The van der Waals surface area contributed by atoms with Crippen molar-refractivity contribution in [2.75, 3.05) is 25.1 Å². The number of benzene rings is 1. The summed E-state index contributed by atoms with van der Waals surface area (Å²) in [4.78, 5) is 0. The van der Waals surface area contributed by atoms with E-state index in [1.54, 1.807) is 0 Å². The third-order valence-corrected chi connectivity index (χ3v) is 2.86. The predicted octanol–water partition coefficient (Wildman–Crippen LogP) is 3.67. The SMILES string of the molecule is FC(F)(F)COCCCNc1ccccc1I. The molecule has 1 aromatic carbocycles. The van der Waals surface area contributed by atoms with Gasteiger partial charge < -0.3 is 10.1 Å². The van der Waals surface area contributed by atoms with E-state index in [-0.39, 0.29) is 6.61 Å². The Kier molecular flexibility index (Phi) is 6.04. The lowest BCUT2D eigenvalue weighted by molar-refractivity contribution is -0.173. The molecule has 0 bridgehead atoms. The monoisotopic (exact) mass is 359 g/mol. The smallest absolute Gasteiger partial charge is 0.384 e. The molecule has 0 aliphatic heterocycles. The summed E-state index contributed by atoms with van der Waals surface area (Å²) >= 11 is 2.20. The van der Waals surface area contributed by atoms with Gasteiger partial charge in [0.05, 0.1) is 0 Å². The van der Waals surface area contributed by atoms with Gasteiger partial charge >= 0.3 is 6.18 Å². The second-order valence-corrected chi connectivity index (χ2v) is 4.59. The van der Waals surface area contributed by atoms with Gasteiger partial charge in [-0.25, -0.2) is 0 Å². The third kappa shape index (κ3) is 6.72. The Hall–Kier alpha value is -0.500. The molecule has 0 atom stereocenters. The summed E-state index contributed by atoms with van der Waals surface area (Å²) in [5.41, 5.74) is 0.990. The molecule has 2 nitrogen and oxygen atoms in total. The normalized spacial score (nSPS) is 11.5. The number of alkyl halides is 3. The summed E-state index contributed by atoms with van der Waals surface area (Å²) in [7, 11) is 0. The minimum atomic E-state index is -4.23. The lowest BCUT2D eigenvalue weighted by Crippen LogP contribution is -2.18. The third-order valence-electron chi connectivity index (χ3n) is 1.92. The summed E-state index contributed by atoms with van der Waals surface area (Å²) in [5.74, 6) is 0. The van der Waals surface area contributed by atoms with Crippen molar-refractivity contribution in [1.82, 2.24) is 0 Å². The first-order valence-electron chi connectivity index (χ1n) is 5.12. The first kappa shape index (κ1) is 14.6. The summed E-state index contributed by atoms with van der Waals surface area (Å²) < 4.78 is 40.8. The molecule has 0 unspecified atom stereocenters. The lowest BCUT2D eigenvalue weighted by Gasteiger charge is -2.09. The van der Waals surface area contributed by atoms with E-state index in [0.29, 0.717) is 13.0 Å². The molecule has 0 aliphatic rings. The van der Waals surface area contributed by atoms with Crippen LogP contribution in [0.5, 0.6) is 0 Å². The van der Waals surface area contributed by atoms with Crippen molar-refractivity contribution in [2.45, 2.75) is 12.6 Å². The zero-order valence-corrected chi connectivity index (χ0v) is 11.2. The van der Waals surface area contributed by atoms with Crippen molar-refractivity contribution in [3.63, 3.8) is 0 Å². The molecule has 0 fully saturated rings. The molecular formula is C11H13F3INO. The van der Waals surface area contributed by atoms with Gasteiger partial charge in [0.15, 0.2) is 0 Å². The molecule has 1 N–H and O–H groups in total. The number of hydrogen-bond donors (Lipinski definition) is 1. The maximum Gasteiger partial charge on any atom is 0.411 e. The molecule has 0 amide bonds. The van der Waals surface area contributed by atoms with Crippen LogP contribution in [0, 0.1) is 3.57 Å². The second kappa shape index (κ2) is 7.05. The second-order valence-electron chi connectivity index (χ2n) is 3.43. The van der Waals surface area contributed by atoms with Crippen LogP contribution in [0.2, 0.25) is 0 Å². The topological polar surface area (TPSA) is 21.3 Å². The average molecular weight is 359 g/mol. The van der Waals surface area contributed by atoms with E-state index in [2.05, 4.69) is 32.6 Å². The Morgan fingerprint density at radius 1 is 1.24 bits per heavy atom. The van der Waals surface area contributed by atoms with Crippen molar-refractivity contribution in [3.8, 4) is 0 Å². The molecular weight excluding hydrogens is 346 g/mol. The van der Waals surface area contributed by atoms with Crippen molar-refractivity contribution in [2.24, 2.45) is 0 Å². The molecule has 1 rings (SSSR count). The van der Waals surface area contributed by atoms with Gasteiger partial charge in [-0.05, 0) is 41.1 Å². The van der Waals surface area contributed by atoms with Crippen molar-refractivity contribution in [1.29, 1.82) is 0 Å². The van der Waals surface area contributed by atoms with Crippen molar-refractivity contribution in [3.05, 3.63) is 27.8 Å². The number of anilines is 1. The molecule has 96 valence electrons. The molecule has 1 aromatic rings. The molecule has 0 heterocycles. The van der Waals surface area contributed by atoms with Crippen LogP contribution in [0.4, 0.5) is 18.9 Å². The van der Waals surface area contributed by atoms with Gasteiger partial charge in [0, 0.05) is 22.4 Å². The van der Waals surface area contributed by atoms with Crippen LogP contribution in [0.3, 0.4) is 0 Å². The molecule has 0 spiro atoms. The van der Waals surface area contributed by atoms with Crippen molar-refractivity contribution >= 4 is 28.3 Å². The van der Waals surface area contributed by atoms with E-state index in [1.807, 2.05) is 24.3 Å². The molecule has 0 saturated heterocycles. The quantitative estimate of drug-likeness (QED) is 0.618. The number of nitrogens with one attached hydrogen (secondary N) is 1. The first-order valence-corrected chi connectivity index (χ1v) is 6.20. The Morgan fingerprint density at radius 2 is 1.94 bits per heavy atom. The van der Waals surface area contributed by atoms with E-state index >= 15 is 0 Å². The van der Waals surface area contributed by atoms with Gasteiger partial charge in [-0.2, -0.15) is 13.2 Å². The van der Waals surface area contributed by atoms with E-state index in [1.165, 1.54) is 0 Å². The number of para-hydroxylation sites is 1. The molecule has 0 aliphatic carbocycles. The Morgan fingerprint density at radius 3 is 2.59 bits per heavy atom. The Bertz CT molecular complexity index is 344. The molecule has 6 heteroatoms. The van der Waals surface area contributed by atoms with Crippen LogP contribution in [0.1, 0.15) is 6.42 Å². The van der Waals surface area contributed by atoms with Crippen LogP contribution in [0.25, 0.3) is 0 Å². The largest absolute Gasteiger partial charge is 0.411 e. The van der Waals surface area contributed by atoms with Gasteiger partial charge in [-0.15, -0.1) is 0 Å². The van der Waals surface area contributed by atoms with E-state index in [0.717, 1.165) is 9.26 Å². The highest BCUT2D eigenvalue weighted by Gasteiger charge is 2.27. The minimum Gasteiger partial charge on any atom is -0.384 e. The summed E-state index contributed by atoms with van der Waals surface area (Å²) in [5, 5.41) is 3.14. The maximum atomic E-state index is 11.7. The maximum absolute atomic E-state index is 11.7. The standard InChI is InChI=1S/C11H13F3INO/c12-11(13,14)8-17-7-3-6-16-10-5-2-1-4-9(10)15/h1-2,4-5,16H,3,6-8H2. The van der Waals surface area contributed by atoms with Gasteiger partial charge in [-0.1, -0.05) is 12.1 Å². The van der Waals surface area contributed by atoms with Gasteiger partial charge in [0.1, 0.15) is 6.61 Å². The van der Waals surface area contributed by atoms with Crippen LogP contribution >= 0.6 is 22.6 Å². The van der Waals surface area contributed by atoms with E-state index in [4.69, 9.17) is 0 Å². The van der Waals surface area contributed by atoms with Gasteiger partial charge in [0.25, 0.3) is 0 Å². The highest BCUT2D eigenvalue weighted by Crippen LogP contribution is 2.17. The Balaban J connectivity index is 2.11. The van der Waals surface area contributed by atoms with Crippen LogP contribution < -0.4 is 5.32 Å².